The molecule has 0 aliphatic heterocycles. The molecular formula is C23H29ClO3. The summed E-state index contributed by atoms with van der Waals surface area (Å²) in [5, 5.41) is 8.06. The number of carboxylic acids is 1. The minimum absolute atomic E-state index is 0.0105. The average molecular weight is 389 g/mol. The van der Waals surface area contributed by atoms with Gasteiger partial charge in [-0.05, 0) is 23.8 Å². The fraction of sp³-hybridized carbons (Fsp3) is 0.391. The van der Waals surface area contributed by atoms with Crippen LogP contribution in [0, 0.1) is 11.8 Å². The van der Waals surface area contributed by atoms with Crippen LogP contribution in [0.25, 0.3) is 0 Å². The van der Waals surface area contributed by atoms with E-state index < -0.39 is 11.3 Å². The molecule has 0 aromatic heterocycles. The number of hydrogen-bond acceptors (Lipinski definition) is 2. The van der Waals surface area contributed by atoms with E-state index in [4.69, 9.17) is 16.7 Å². The van der Waals surface area contributed by atoms with Crippen LogP contribution in [-0.4, -0.2) is 22.2 Å². The summed E-state index contributed by atoms with van der Waals surface area (Å²) in [5.41, 5.74) is 1.70. The number of carbonyl (C=O) groups is 2. The largest absolute Gasteiger partial charge is 0.480 e. The lowest BCUT2D eigenvalue weighted by molar-refractivity contribution is -0.137. The van der Waals surface area contributed by atoms with Gasteiger partial charge in [0.2, 0.25) is 0 Å². The lowest BCUT2D eigenvalue weighted by Crippen LogP contribution is -2.25. The Morgan fingerprint density at radius 2 is 1.37 bits per heavy atom. The molecule has 0 bridgehead atoms. The Morgan fingerprint density at radius 1 is 0.926 bits per heavy atom. The summed E-state index contributed by atoms with van der Waals surface area (Å²) in [5.74, 6) is -1.02. The van der Waals surface area contributed by atoms with Crippen LogP contribution in [0.1, 0.15) is 56.0 Å². The highest BCUT2D eigenvalue weighted by Gasteiger charge is 2.27. The smallest absolute Gasteiger partial charge is 0.321 e. The van der Waals surface area contributed by atoms with Crippen molar-refractivity contribution in [3.8, 4) is 0 Å². The Kier molecular flexibility index (Phi) is 9.81. The van der Waals surface area contributed by atoms with Gasteiger partial charge in [0.15, 0.2) is 5.78 Å². The highest BCUT2D eigenvalue weighted by molar-refractivity contribution is 6.29. The summed E-state index contributed by atoms with van der Waals surface area (Å²) in [6.45, 7) is 7.70. The van der Waals surface area contributed by atoms with E-state index in [2.05, 4.69) is 0 Å². The molecule has 0 aliphatic rings. The summed E-state index contributed by atoms with van der Waals surface area (Å²) >= 11 is 5.90. The van der Waals surface area contributed by atoms with Crippen molar-refractivity contribution in [3.63, 3.8) is 0 Å². The van der Waals surface area contributed by atoms with Gasteiger partial charge < -0.3 is 5.11 Å². The Labute approximate surface area is 167 Å². The van der Waals surface area contributed by atoms with Gasteiger partial charge >= 0.3 is 5.97 Å². The number of Topliss-reactive ketones (excluding diaryl/α,β-unsaturated/α-hetero) is 1. The van der Waals surface area contributed by atoms with Crippen molar-refractivity contribution in [1.82, 2.24) is 0 Å². The van der Waals surface area contributed by atoms with E-state index >= 15 is 0 Å². The van der Waals surface area contributed by atoms with Crippen molar-refractivity contribution in [2.45, 2.75) is 45.4 Å². The molecule has 0 saturated carbocycles. The first-order chi connectivity index (χ1) is 12.8. The monoisotopic (exact) mass is 388 g/mol. The van der Waals surface area contributed by atoms with E-state index in [1.165, 1.54) is 0 Å². The fourth-order valence-corrected chi connectivity index (χ4v) is 2.81. The molecule has 0 amide bonds. The van der Waals surface area contributed by atoms with Gasteiger partial charge in [0.1, 0.15) is 5.38 Å². The standard InChI is InChI=1S/C17H23ClO3.C6H6/c1-5-10(2)16(19)14-8-6-13(7-9-14)11(3)12(4)15(18)17(20)21;1-2-4-6-5-3-1/h6-12,15H,5H2,1-4H3,(H,20,21);1-6H. The van der Waals surface area contributed by atoms with Gasteiger partial charge in [0, 0.05) is 11.5 Å². The number of carboxylic acid groups (broad SMARTS) is 1. The van der Waals surface area contributed by atoms with Crippen molar-refractivity contribution in [3.05, 3.63) is 71.8 Å². The summed E-state index contributed by atoms with van der Waals surface area (Å²) in [4.78, 5) is 23.0. The molecule has 0 aliphatic carbocycles. The molecule has 27 heavy (non-hydrogen) atoms. The summed E-state index contributed by atoms with van der Waals surface area (Å²) in [6.07, 6.45) is 0.820. The van der Waals surface area contributed by atoms with Crippen molar-refractivity contribution >= 4 is 23.4 Å². The number of aliphatic carboxylic acids is 1. The van der Waals surface area contributed by atoms with Crippen LogP contribution in [0.2, 0.25) is 0 Å². The second kappa shape index (κ2) is 11.6. The molecule has 2 aromatic carbocycles. The minimum Gasteiger partial charge on any atom is -0.480 e. The zero-order valence-electron chi connectivity index (χ0n) is 16.4. The van der Waals surface area contributed by atoms with Crippen molar-refractivity contribution in [2.24, 2.45) is 11.8 Å². The van der Waals surface area contributed by atoms with Gasteiger partial charge in [0.25, 0.3) is 0 Å². The Balaban J connectivity index is 0.000000511. The molecule has 146 valence electrons. The number of alkyl halides is 1. The van der Waals surface area contributed by atoms with Crippen molar-refractivity contribution in [2.75, 3.05) is 0 Å². The normalized spacial score (nSPS) is 14.9. The van der Waals surface area contributed by atoms with Gasteiger partial charge in [0.05, 0.1) is 0 Å². The third-order valence-electron chi connectivity index (χ3n) is 4.93. The van der Waals surface area contributed by atoms with Crippen LogP contribution in [-0.2, 0) is 4.79 Å². The zero-order chi connectivity index (χ0) is 20.4. The Hall–Kier alpha value is -2.13. The van der Waals surface area contributed by atoms with Crippen LogP contribution >= 0.6 is 11.6 Å². The maximum Gasteiger partial charge on any atom is 0.321 e. The summed E-state index contributed by atoms with van der Waals surface area (Å²) < 4.78 is 0. The maximum absolute atomic E-state index is 12.1. The third kappa shape index (κ3) is 7.18. The molecule has 3 nitrogen and oxygen atoms in total. The quantitative estimate of drug-likeness (QED) is 0.465. The van der Waals surface area contributed by atoms with Gasteiger partial charge in [-0.2, -0.15) is 0 Å². The maximum atomic E-state index is 12.1. The predicted molar refractivity (Wildman–Crippen MR) is 112 cm³/mol. The van der Waals surface area contributed by atoms with Crippen LogP contribution in [0.4, 0.5) is 0 Å². The molecule has 4 atom stereocenters. The van der Waals surface area contributed by atoms with Crippen LogP contribution in [0.3, 0.4) is 0 Å². The van der Waals surface area contributed by atoms with E-state index in [0.29, 0.717) is 5.56 Å². The fourth-order valence-electron chi connectivity index (χ4n) is 2.59. The number of hydrogen-bond donors (Lipinski definition) is 1. The van der Waals surface area contributed by atoms with Crippen LogP contribution in [0.15, 0.2) is 60.7 Å². The van der Waals surface area contributed by atoms with Gasteiger partial charge in [-0.3, -0.25) is 9.59 Å². The van der Waals surface area contributed by atoms with Gasteiger partial charge in [-0.15, -0.1) is 11.6 Å². The van der Waals surface area contributed by atoms with E-state index in [1.54, 1.807) is 0 Å². The van der Waals surface area contributed by atoms with Crippen LogP contribution in [0.5, 0.6) is 0 Å². The SMILES string of the molecule is CCC(C)C(=O)c1ccc(C(C)C(C)C(Cl)C(=O)O)cc1.c1ccccc1. The first-order valence-electron chi connectivity index (χ1n) is 9.30. The zero-order valence-corrected chi connectivity index (χ0v) is 17.2. The molecule has 4 heteroatoms. The van der Waals surface area contributed by atoms with Crippen molar-refractivity contribution < 1.29 is 14.7 Å². The van der Waals surface area contributed by atoms with E-state index in [9.17, 15) is 9.59 Å². The number of benzene rings is 2. The summed E-state index contributed by atoms with van der Waals surface area (Å²) in [7, 11) is 0. The van der Waals surface area contributed by atoms with Gasteiger partial charge in [-0.1, -0.05) is 88.4 Å². The van der Waals surface area contributed by atoms with E-state index in [1.807, 2.05) is 88.4 Å². The minimum atomic E-state index is -1.00. The third-order valence-corrected chi connectivity index (χ3v) is 5.52. The average Bonchev–Trinajstić information content (AvgIpc) is 2.72. The highest BCUT2D eigenvalue weighted by atomic mass is 35.5. The van der Waals surface area contributed by atoms with Crippen molar-refractivity contribution in [1.29, 1.82) is 0 Å². The topological polar surface area (TPSA) is 54.4 Å². The molecule has 0 radical (unpaired) electrons. The Bertz CT molecular complexity index is 671. The molecule has 0 fully saturated rings. The first-order valence-corrected chi connectivity index (χ1v) is 9.74. The molecule has 2 aromatic rings. The molecule has 2 rings (SSSR count). The predicted octanol–water partition coefficient (Wildman–Crippen LogP) is 6.03. The second-order valence-corrected chi connectivity index (χ2v) is 7.31. The second-order valence-electron chi connectivity index (χ2n) is 6.84. The number of carbonyl (C=O) groups excluding carboxylic acids is 1. The number of halogens is 1. The number of rotatable bonds is 7. The lowest BCUT2D eigenvalue weighted by Gasteiger charge is -2.22. The molecular weight excluding hydrogens is 360 g/mol. The lowest BCUT2D eigenvalue weighted by atomic mass is 9.85. The molecule has 4 unspecified atom stereocenters. The molecule has 0 saturated heterocycles. The molecule has 1 N–H and O–H groups in total. The molecule has 0 heterocycles. The number of ketones is 1. The van der Waals surface area contributed by atoms with E-state index in [-0.39, 0.29) is 23.5 Å². The van der Waals surface area contributed by atoms with Crippen LogP contribution < -0.4 is 0 Å². The van der Waals surface area contributed by atoms with Gasteiger partial charge in [-0.25, -0.2) is 0 Å². The first kappa shape index (κ1) is 22.9. The molecule has 0 spiro atoms. The highest BCUT2D eigenvalue weighted by Crippen LogP contribution is 2.29. The Morgan fingerprint density at radius 3 is 1.74 bits per heavy atom. The van der Waals surface area contributed by atoms with E-state index in [0.717, 1.165) is 12.0 Å². The summed E-state index contributed by atoms with van der Waals surface area (Å²) in [6, 6.07) is 19.4.